The zero-order chi connectivity index (χ0) is 22.9. The van der Waals surface area contributed by atoms with Gasteiger partial charge in [0.15, 0.2) is 11.5 Å². The predicted molar refractivity (Wildman–Crippen MR) is 115 cm³/mol. The Kier molecular flexibility index (Phi) is 6.44. The quantitative estimate of drug-likeness (QED) is 0.609. The number of methoxy groups -OCH3 is 3. The fourth-order valence-electron chi connectivity index (χ4n) is 4.05. The lowest BCUT2D eigenvalue weighted by molar-refractivity contribution is -0.119. The van der Waals surface area contributed by atoms with E-state index in [9.17, 15) is 18.3 Å². The van der Waals surface area contributed by atoms with Crippen LogP contribution in [0, 0.1) is 0 Å². The molecule has 0 spiro atoms. The van der Waals surface area contributed by atoms with E-state index >= 15 is 0 Å². The zero-order valence-electron chi connectivity index (χ0n) is 17.8. The number of benzene rings is 1. The second kappa shape index (κ2) is 8.74. The topological polar surface area (TPSA) is 137 Å². The van der Waals surface area contributed by atoms with E-state index in [0.29, 0.717) is 46.8 Å². The molecule has 168 valence electrons. The van der Waals surface area contributed by atoms with Gasteiger partial charge in [0, 0.05) is 12.5 Å². The molecule has 0 bridgehead atoms. The number of aliphatic hydroxyl groups is 1. The summed E-state index contributed by atoms with van der Waals surface area (Å²) in [4.78, 5) is 11.5. The van der Waals surface area contributed by atoms with Crippen LogP contribution in [0.15, 0.2) is 34.8 Å². The molecular formula is C21H26N2O7S. The smallest absolute Gasteiger partial charge is 0.237 e. The van der Waals surface area contributed by atoms with Crippen molar-refractivity contribution in [2.24, 2.45) is 5.14 Å². The first kappa shape index (κ1) is 22.9. The first-order valence-corrected chi connectivity index (χ1v) is 11.1. The largest absolute Gasteiger partial charge is 0.493 e. The molecule has 0 aliphatic heterocycles. The van der Waals surface area contributed by atoms with E-state index in [1.54, 1.807) is 6.08 Å². The van der Waals surface area contributed by atoms with E-state index in [-0.39, 0.29) is 10.8 Å². The average molecular weight is 451 g/mol. The molecule has 1 aromatic carbocycles. The lowest BCUT2D eigenvalue weighted by Gasteiger charge is -2.23. The number of sulfonamides is 1. The summed E-state index contributed by atoms with van der Waals surface area (Å²) in [6, 6.07) is 1.36. The minimum absolute atomic E-state index is 0.253. The van der Waals surface area contributed by atoms with E-state index in [1.165, 1.54) is 40.4 Å². The number of aliphatic hydroxyl groups excluding tert-OH is 1. The Bertz CT molecular complexity index is 1100. The van der Waals surface area contributed by atoms with Crippen molar-refractivity contribution in [1.82, 2.24) is 5.32 Å². The summed E-state index contributed by atoms with van der Waals surface area (Å²) in [7, 11) is 0.359. The van der Waals surface area contributed by atoms with Crippen molar-refractivity contribution in [1.29, 1.82) is 0 Å². The number of nitrogens with one attached hydrogen (secondary N) is 1. The molecule has 1 aromatic rings. The number of carbonyl (C=O) groups is 1. The summed E-state index contributed by atoms with van der Waals surface area (Å²) in [5.74, 6) is 1.01. The molecule has 2 aliphatic rings. The molecule has 3 rings (SSSR count). The van der Waals surface area contributed by atoms with Gasteiger partial charge in [-0.1, -0.05) is 6.08 Å². The summed E-state index contributed by atoms with van der Waals surface area (Å²) in [6.07, 6.45) is 3.84. The van der Waals surface area contributed by atoms with Gasteiger partial charge in [0.2, 0.25) is 21.7 Å². The van der Waals surface area contributed by atoms with Gasteiger partial charge in [-0.3, -0.25) is 4.79 Å². The van der Waals surface area contributed by atoms with Crippen LogP contribution in [-0.4, -0.2) is 52.9 Å². The number of fused-ring (bicyclic) bond motifs is 3. The fraction of sp³-hybridized carbons (Fsp3) is 0.381. The maximum absolute atomic E-state index is 12.0. The van der Waals surface area contributed by atoms with E-state index in [1.807, 2.05) is 6.07 Å². The SMILES string of the molecule is COc1cc2c(c(OC)c1OC)C1=CC=C(S(N)(=O)=O)[C@@H](O)C=C1[C@@H](NC(C)=O)CC2. The zero-order valence-corrected chi connectivity index (χ0v) is 18.6. The number of nitrogens with two attached hydrogens (primary N) is 1. The number of rotatable bonds is 5. The highest BCUT2D eigenvalue weighted by Crippen LogP contribution is 2.49. The number of amides is 1. The van der Waals surface area contributed by atoms with Gasteiger partial charge in [0.25, 0.3) is 0 Å². The van der Waals surface area contributed by atoms with Crippen LogP contribution in [0.3, 0.4) is 0 Å². The monoisotopic (exact) mass is 450 g/mol. The number of hydrogen-bond acceptors (Lipinski definition) is 7. The van der Waals surface area contributed by atoms with Crippen molar-refractivity contribution in [3.63, 3.8) is 0 Å². The van der Waals surface area contributed by atoms with Crippen LogP contribution in [0.1, 0.15) is 24.5 Å². The Morgan fingerprint density at radius 2 is 1.84 bits per heavy atom. The number of allylic oxidation sites excluding steroid dienone is 2. The third kappa shape index (κ3) is 4.32. The maximum atomic E-state index is 12.0. The molecule has 2 atom stereocenters. The molecule has 31 heavy (non-hydrogen) atoms. The second-order valence-corrected chi connectivity index (χ2v) is 8.79. The van der Waals surface area contributed by atoms with Gasteiger partial charge in [0.05, 0.1) is 32.3 Å². The van der Waals surface area contributed by atoms with Gasteiger partial charge in [-0.25, -0.2) is 13.6 Å². The Hall–Kier alpha value is -2.82. The number of hydrogen-bond donors (Lipinski definition) is 3. The lowest BCUT2D eigenvalue weighted by Crippen LogP contribution is -2.35. The van der Waals surface area contributed by atoms with Gasteiger partial charge < -0.3 is 24.6 Å². The Labute approximate surface area is 181 Å². The highest BCUT2D eigenvalue weighted by molar-refractivity contribution is 7.93. The normalized spacial score (nSPS) is 20.6. The molecule has 0 fully saturated rings. The van der Waals surface area contributed by atoms with E-state index in [0.717, 1.165) is 5.56 Å². The first-order chi connectivity index (χ1) is 14.6. The Morgan fingerprint density at radius 1 is 1.16 bits per heavy atom. The van der Waals surface area contributed by atoms with E-state index in [4.69, 9.17) is 19.3 Å². The minimum Gasteiger partial charge on any atom is -0.493 e. The van der Waals surface area contributed by atoms with E-state index in [2.05, 4.69) is 5.32 Å². The van der Waals surface area contributed by atoms with Crippen molar-refractivity contribution in [3.05, 3.63) is 45.9 Å². The van der Waals surface area contributed by atoms with Crippen molar-refractivity contribution in [2.45, 2.75) is 31.9 Å². The second-order valence-electron chi connectivity index (χ2n) is 7.23. The average Bonchev–Trinajstić information content (AvgIpc) is 2.95. The standard InChI is InChI=1S/C21H26N2O7S/c1-11(24)23-15-7-5-12-9-17(28-2)20(29-3)21(30-4)19(12)13-6-8-18(31(22,26)27)16(25)10-14(13)15/h6,8-10,15-16,25H,5,7H2,1-4H3,(H,23,24)(H2,22,26,27)/t15-,16-/m0/s1. The molecule has 2 aliphatic carbocycles. The molecular weight excluding hydrogens is 424 g/mol. The third-order valence-corrected chi connectivity index (χ3v) is 6.35. The lowest BCUT2D eigenvalue weighted by atomic mass is 9.91. The van der Waals surface area contributed by atoms with Gasteiger partial charge in [-0.15, -0.1) is 0 Å². The number of ether oxygens (including phenoxy) is 3. The van der Waals surface area contributed by atoms with E-state index < -0.39 is 22.2 Å². The highest BCUT2D eigenvalue weighted by atomic mass is 32.2. The predicted octanol–water partition coefficient (Wildman–Crippen LogP) is 1.02. The molecule has 0 saturated heterocycles. The molecule has 10 heteroatoms. The third-order valence-electron chi connectivity index (χ3n) is 5.32. The van der Waals surface area contributed by atoms with Crippen LogP contribution in [0.25, 0.3) is 5.57 Å². The van der Waals surface area contributed by atoms with Crippen LogP contribution < -0.4 is 24.7 Å². The maximum Gasteiger partial charge on any atom is 0.237 e. The van der Waals surface area contributed by atoms with Crippen LogP contribution >= 0.6 is 0 Å². The number of carbonyl (C=O) groups excluding carboxylic acids is 1. The van der Waals surface area contributed by atoms with Crippen molar-refractivity contribution in [3.8, 4) is 17.2 Å². The summed E-state index contributed by atoms with van der Waals surface area (Å²) in [5, 5.41) is 18.8. The number of primary sulfonamides is 1. The van der Waals surface area contributed by atoms with Gasteiger partial charge in [-0.2, -0.15) is 0 Å². The summed E-state index contributed by atoms with van der Waals surface area (Å²) < 4.78 is 40.6. The highest BCUT2D eigenvalue weighted by Gasteiger charge is 2.33. The molecule has 0 heterocycles. The van der Waals surface area contributed by atoms with Crippen molar-refractivity contribution in [2.75, 3.05) is 21.3 Å². The number of aryl methyl sites for hydroxylation is 1. The van der Waals surface area contributed by atoms with Crippen molar-refractivity contribution < 1.29 is 32.5 Å². The van der Waals surface area contributed by atoms with Gasteiger partial charge >= 0.3 is 0 Å². The van der Waals surface area contributed by atoms with Crippen LogP contribution in [0.5, 0.6) is 17.2 Å². The molecule has 0 unspecified atom stereocenters. The van der Waals surface area contributed by atoms with Crippen LogP contribution in [0.4, 0.5) is 0 Å². The molecule has 4 N–H and O–H groups in total. The molecule has 1 amide bonds. The molecule has 0 saturated carbocycles. The van der Waals surface area contributed by atoms with Crippen LogP contribution in [0.2, 0.25) is 0 Å². The molecule has 0 aromatic heterocycles. The summed E-state index contributed by atoms with van der Waals surface area (Å²) >= 11 is 0. The van der Waals surface area contributed by atoms with Gasteiger partial charge in [-0.05, 0) is 47.8 Å². The van der Waals surface area contributed by atoms with Gasteiger partial charge in [0.1, 0.15) is 6.10 Å². The van der Waals surface area contributed by atoms with Crippen molar-refractivity contribution >= 4 is 21.5 Å². The summed E-state index contributed by atoms with van der Waals surface area (Å²) in [6.45, 7) is 1.40. The van der Waals surface area contributed by atoms with Crippen LogP contribution in [-0.2, 0) is 21.2 Å². The first-order valence-electron chi connectivity index (χ1n) is 9.56. The molecule has 0 radical (unpaired) electrons. The minimum atomic E-state index is -4.15. The Morgan fingerprint density at radius 3 is 2.39 bits per heavy atom. The molecule has 9 nitrogen and oxygen atoms in total. The fourth-order valence-corrected chi connectivity index (χ4v) is 4.71. The summed E-state index contributed by atoms with van der Waals surface area (Å²) in [5.41, 5.74) is 2.67. The Balaban J connectivity index is 2.37.